The maximum absolute atomic E-state index is 12.2. The summed E-state index contributed by atoms with van der Waals surface area (Å²) in [6.45, 7) is 3.78. The van der Waals surface area contributed by atoms with Crippen LogP contribution in [0.4, 0.5) is 0 Å². The Kier molecular flexibility index (Phi) is 3.75. The molecule has 0 N–H and O–H groups in total. The van der Waals surface area contributed by atoms with E-state index >= 15 is 0 Å². The van der Waals surface area contributed by atoms with Crippen molar-refractivity contribution in [2.45, 2.75) is 24.8 Å². The fourth-order valence-corrected chi connectivity index (χ4v) is 3.65. The zero-order valence-corrected chi connectivity index (χ0v) is 11.3. The highest BCUT2D eigenvalue weighted by molar-refractivity contribution is 7.89. The number of sulfonamides is 1. The highest BCUT2D eigenvalue weighted by Crippen LogP contribution is 2.23. The van der Waals surface area contributed by atoms with E-state index in [9.17, 15) is 8.42 Å². The summed E-state index contributed by atoms with van der Waals surface area (Å²) >= 11 is 5.59. The van der Waals surface area contributed by atoms with E-state index in [1.807, 2.05) is 0 Å². The third kappa shape index (κ3) is 2.64. The van der Waals surface area contributed by atoms with Gasteiger partial charge in [0, 0.05) is 25.2 Å². The van der Waals surface area contributed by atoms with Crippen molar-refractivity contribution in [1.29, 1.82) is 0 Å². The molecule has 17 heavy (non-hydrogen) atoms. The monoisotopic (exact) mass is 277 g/mol. The Labute approximate surface area is 106 Å². The molecule has 1 fully saturated rings. The predicted octanol–water partition coefficient (Wildman–Crippen LogP) is 1.15. The van der Waals surface area contributed by atoms with Gasteiger partial charge in [0.2, 0.25) is 10.0 Å². The minimum atomic E-state index is -3.36. The largest absolute Gasteiger partial charge is 0.270 e. The van der Waals surface area contributed by atoms with Crippen molar-refractivity contribution in [2.75, 3.05) is 19.0 Å². The molecule has 0 aliphatic carbocycles. The SMILES string of the molecule is CC1CCN(S(=O)(=O)c2cnn(CCCl)c2)C1. The van der Waals surface area contributed by atoms with E-state index in [2.05, 4.69) is 12.0 Å². The van der Waals surface area contributed by atoms with Crippen LogP contribution < -0.4 is 0 Å². The van der Waals surface area contributed by atoms with Gasteiger partial charge in [-0.15, -0.1) is 11.6 Å². The summed E-state index contributed by atoms with van der Waals surface area (Å²) in [6.07, 6.45) is 3.86. The lowest BCUT2D eigenvalue weighted by Crippen LogP contribution is -2.28. The Morgan fingerprint density at radius 2 is 2.35 bits per heavy atom. The van der Waals surface area contributed by atoms with Gasteiger partial charge in [0.25, 0.3) is 0 Å². The molecule has 7 heteroatoms. The van der Waals surface area contributed by atoms with Crippen LogP contribution in [-0.2, 0) is 16.6 Å². The zero-order valence-electron chi connectivity index (χ0n) is 9.71. The lowest BCUT2D eigenvalue weighted by Gasteiger charge is -2.14. The van der Waals surface area contributed by atoms with Gasteiger partial charge in [-0.25, -0.2) is 8.42 Å². The summed E-state index contributed by atoms with van der Waals surface area (Å²) < 4.78 is 27.6. The molecule has 0 spiro atoms. The highest BCUT2D eigenvalue weighted by atomic mass is 35.5. The first kappa shape index (κ1) is 12.9. The molecule has 1 aliphatic rings. The smallest absolute Gasteiger partial charge is 0.246 e. The molecule has 1 atom stereocenters. The minimum absolute atomic E-state index is 0.261. The molecule has 1 aliphatic heterocycles. The summed E-state index contributed by atoms with van der Waals surface area (Å²) in [7, 11) is -3.36. The maximum atomic E-state index is 12.2. The van der Waals surface area contributed by atoms with Gasteiger partial charge in [0.05, 0.1) is 12.7 Å². The third-order valence-corrected chi connectivity index (χ3v) is 4.93. The van der Waals surface area contributed by atoms with Crippen LogP contribution in [0.15, 0.2) is 17.3 Å². The van der Waals surface area contributed by atoms with Gasteiger partial charge in [0.1, 0.15) is 4.90 Å². The van der Waals surface area contributed by atoms with Gasteiger partial charge in [-0.3, -0.25) is 4.68 Å². The van der Waals surface area contributed by atoms with Crippen molar-refractivity contribution in [3.8, 4) is 0 Å². The number of nitrogens with zero attached hydrogens (tertiary/aromatic N) is 3. The zero-order chi connectivity index (χ0) is 12.5. The molecule has 96 valence electrons. The fourth-order valence-electron chi connectivity index (χ4n) is 1.95. The topological polar surface area (TPSA) is 55.2 Å². The fraction of sp³-hybridized carbons (Fsp3) is 0.700. The van der Waals surface area contributed by atoms with Gasteiger partial charge in [-0.1, -0.05) is 6.92 Å². The molecule has 0 bridgehead atoms. The summed E-state index contributed by atoms with van der Waals surface area (Å²) in [5.41, 5.74) is 0. The van der Waals surface area contributed by atoms with Gasteiger partial charge < -0.3 is 0 Å². The number of alkyl halides is 1. The Morgan fingerprint density at radius 3 is 2.94 bits per heavy atom. The van der Waals surface area contributed by atoms with Crippen LogP contribution in [0, 0.1) is 5.92 Å². The molecule has 1 aromatic rings. The Hall–Kier alpha value is -0.590. The first-order valence-corrected chi connectivity index (χ1v) is 7.60. The van der Waals surface area contributed by atoms with Crippen molar-refractivity contribution in [3.63, 3.8) is 0 Å². The van der Waals surface area contributed by atoms with E-state index in [-0.39, 0.29) is 4.90 Å². The van der Waals surface area contributed by atoms with E-state index in [0.717, 1.165) is 6.42 Å². The lowest BCUT2D eigenvalue weighted by molar-refractivity contribution is 0.464. The molecule has 0 radical (unpaired) electrons. The Bertz CT molecular complexity index is 485. The number of aromatic nitrogens is 2. The number of aryl methyl sites for hydroxylation is 1. The van der Waals surface area contributed by atoms with E-state index < -0.39 is 10.0 Å². The van der Waals surface area contributed by atoms with Crippen LogP contribution in [0.3, 0.4) is 0 Å². The molecule has 1 aromatic heterocycles. The van der Waals surface area contributed by atoms with Crippen molar-refractivity contribution in [1.82, 2.24) is 14.1 Å². The van der Waals surface area contributed by atoms with Gasteiger partial charge in [-0.2, -0.15) is 9.40 Å². The van der Waals surface area contributed by atoms with Crippen molar-refractivity contribution >= 4 is 21.6 Å². The van der Waals surface area contributed by atoms with Crippen LogP contribution in [-0.4, -0.2) is 41.5 Å². The summed E-state index contributed by atoms with van der Waals surface area (Å²) in [4.78, 5) is 0.261. The van der Waals surface area contributed by atoms with Crippen LogP contribution in [0.25, 0.3) is 0 Å². The van der Waals surface area contributed by atoms with Crippen LogP contribution in [0.2, 0.25) is 0 Å². The quantitative estimate of drug-likeness (QED) is 0.776. The van der Waals surface area contributed by atoms with Crippen LogP contribution >= 0.6 is 11.6 Å². The van der Waals surface area contributed by atoms with E-state index in [0.29, 0.717) is 31.4 Å². The van der Waals surface area contributed by atoms with Crippen molar-refractivity contribution in [3.05, 3.63) is 12.4 Å². The third-order valence-electron chi connectivity index (χ3n) is 2.95. The standard InChI is InChI=1S/C10H16ClN3O2S/c1-9-2-4-14(7-9)17(15,16)10-6-12-13(8-10)5-3-11/h6,8-9H,2-5,7H2,1H3. The second-order valence-electron chi connectivity index (χ2n) is 4.38. The van der Waals surface area contributed by atoms with Gasteiger partial charge in [-0.05, 0) is 12.3 Å². The van der Waals surface area contributed by atoms with Crippen LogP contribution in [0.5, 0.6) is 0 Å². The molecule has 0 amide bonds. The summed E-state index contributed by atoms with van der Waals surface area (Å²) in [6, 6.07) is 0. The van der Waals surface area contributed by atoms with Gasteiger partial charge in [0.15, 0.2) is 0 Å². The average Bonchev–Trinajstić information content (AvgIpc) is 2.88. The van der Waals surface area contributed by atoms with E-state index in [4.69, 9.17) is 11.6 Å². The first-order chi connectivity index (χ1) is 8.04. The molecule has 0 aromatic carbocycles. The Morgan fingerprint density at radius 1 is 1.59 bits per heavy atom. The molecule has 1 saturated heterocycles. The van der Waals surface area contributed by atoms with Crippen molar-refractivity contribution in [2.24, 2.45) is 5.92 Å². The number of hydrogen-bond donors (Lipinski definition) is 0. The predicted molar refractivity (Wildman–Crippen MR) is 65.5 cm³/mol. The molecule has 2 heterocycles. The van der Waals surface area contributed by atoms with E-state index in [1.165, 1.54) is 10.5 Å². The molecule has 2 rings (SSSR count). The molecule has 0 saturated carbocycles. The minimum Gasteiger partial charge on any atom is -0.270 e. The molecule has 5 nitrogen and oxygen atoms in total. The summed E-state index contributed by atoms with van der Waals surface area (Å²) in [5, 5.41) is 3.99. The van der Waals surface area contributed by atoms with Crippen LogP contribution in [0.1, 0.15) is 13.3 Å². The van der Waals surface area contributed by atoms with E-state index in [1.54, 1.807) is 10.9 Å². The highest BCUT2D eigenvalue weighted by Gasteiger charge is 2.31. The number of hydrogen-bond acceptors (Lipinski definition) is 3. The Balaban J connectivity index is 2.19. The average molecular weight is 278 g/mol. The molecule has 1 unspecified atom stereocenters. The second-order valence-corrected chi connectivity index (χ2v) is 6.70. The second kappa shape index (κ2) is 4.96. The first-order valence-electron chi connectivity index (χ1n) is 5.62. The summed E-state index contributed by atoms with van der Waals surface area (Å²) in [5.74, 6) is 0.852. The maximum Gasteiger partial charge on any atom is 0.246 e. The molecular formula is C10H16ClN3O2S. The van der Waals surface area contributed by atoms with Gasteiger partial charge >= 0.3 is 0 Å². The number of rotatable bonds is 4. The van der Waals surface area contributed by atoms with Crippen molar-refractivity contribution < 1.29 is 8.42 Å². The lowest BCUT2D eigenvalue weighted by atomic mass is 10.2. The number of halogens is 1. The molecular weight excluding hydrogens is 262 g/mol. The normalized spacial score (nSPS) is 22.1.